The molecule has 2 aromatic carbocycles. The van der Waals surface area contributed by atoms with Crippen molar-refractivity contribution in [3.8, 4) is 0 Å². The summed E-state index contributed by atoms with van der Waals surface area (Å²) in [5.41, 5.74) is 3.00. The standard InChI is InChI=1S/C16H16BrNO/c1-12-6-8-15(9-7-12)18(2)11-16(19)13-4-3-5-14(17)10-13/h3-10H,11H2,1-2H3. The average Bonchev–Trinajstić information content (AvgIpc) is 2.39. The Morgan fingerprint density at radius 3 is 2.47 bits per heavy atom. The van der Waals surface area contributed by atoms with Crippen LogP contribution in [0.25, 0.3) is 0 Å². The van der Waals surface area contributed by atoms with Crippen molar-refractivity contribution in [2.45, 2.75) is 6.92 Å². The summed E-state index contributed by atoms with van der Waals surface area (Å²) < 4.78 is 0.927. The quantitative estimate of drug-likeness (QED) is 0.792. The fourth-order valence-corrected chi connectivity index (χ4v) is 2.26. The fourth-order valence-electron chi connectivity index (χ4n) is 1.86. The van der Waals surface area contributed by atoms with Gasteiger partial charge in [0.2, 0.25) is 0 Å². The van der Waals surface area contributed by atoms with Gasteiger partial charge in [-0.05, 0) is 31.2 Å². The maximum Gasteiger partial charge on any atom is 0.182 e. The van der Waals surface area contributed by atoms with Gasteiger partial charge in [0.25, 0.3) is 0 Å². The third kappa shape index (κ3) is 3.67. The first-order valence-electron chi connectivity index (χ1n) is 6.13. The molecule has 0 amide bonds. The Hall–Kier alpha value is -1.61. The van der Waals surface area contributed by atoms with Crippen LogP contribution in [0.4, 0.5) is 5.69 Å². The van der Waals surface area contributed by atoms with Gasteiger partial charge in [-0.2, -0.15) is 0 Å². The molecular formula is C16H16BrNO. The van der Waals surface area contributed by atoms with E-state index < -0.39 is 0 Å². The molecule has 0 heterocycles. The van der Waals surface area contributed by atoms with Crippen LogP contribution in [-0.4, -0.2) is 19.4 Å². The van der Waals surface area contributed by atoms with Crippen molar-refractivity contribution in [1.82, 2.24) is 0 Å². The number of hydrogen-bond acceptors (Lipinski definition) is 2. The van der Waals surface area contributed by atoms with Gasteiger partial charge >= 0.3 is 0 Å². The van der Waals surface area contributed by atoms with Crippen molar-refractivity contribution >= 4 is 27.4 Å². The van der Waals surface area contributed by atoms with Gasteiger partial charge in [-0.25, -0.2) is 0 Å². The smallest absolute Gasteiger partial charge is 0.182 e. The second-order valence-electron chi connectivity index (χ2n) is 4.63. The number of halogens is 1. The molecular weight excluding hydrogens is 302 g/mol. The van der Waals surface area contributed by atoms with Crippen molar-refractivity contribution in [2.24, 2.45) is 0 Å². The first kappa shape index (κ1) is 13.8. The summed E-state index contributed by atoms with van der Waals surface area (Å²) in [6, 6.07) is 15.7. The number of likely N-dealkylation sites (N-methyl/N-ethyl adjacent to an activating group) is 1. The second-order valence-corrected chi connectivity index (χ2v) is 5.54. The molecule has 2 nitrogen and oxygen atoms in total. The van der Waals surface area contributed by atoms with Crippen LogP contribution < -0.4 is 4.90 Å². The van der Waals surface area contributed by atoms with Gasteiger partial charge < -0.3 is 4.90 Å². The molecule has 0 N–H and O–H groups in total. The number of ketones is 1. The fraction of sp³-hybridized carbons (Fsp3) is 0.188. The van der Waals surface area contributed by atoms with E-state index >= 15 is 0 Å². The molecule has 0 aliphatic carbocycles. The number of benzene rings is 2. The number of carbonyl (C=O) groups excluding carboxylic acids is 1. The van der Waals surface area contributed by atoms with E-state index in [9.17, 15) is 4.79 Å². The van der Waals surface area contributed by atoms with E-state index in [4.69, 9.17) is 0 Å². The zero-order chi connectivity index (χ0) is 13.8. The van der Waals surface area contributed by atoms with Crippen LogP contribution in [0.1, 0.15) is 15.9 Å². The van der Waals surface area contributed by atoms with Gasteiger partial charge in [0, 0.05) is 22.8 Å². The largest absolute Gasteiger partial charge is 0.367 e. The number of anilines is 1. The molecule has 0 spiro atoms. The Morgan fingerprint density at radius 1 is 1.16 bits per heavy atom. The van der Waals surface area contributed by atoms with Crippen molar-refractivity contribution < 1.29 is 4.79 Å². The summed E-state index contributed by atoms with van der Waals surface area (Å²) in [4.78, 5) is 14.1. The SMILES string of the molecule is Cc1ccc(N(C)CC(=O)c2cccc(Br)c2)cc1. The maximum absolute atomic E-state index is 12.2. The Bertz CT molecular complexity index is 578. The van der Waals surface area contributed by atoms with Gasteiger partial charge in [0.05, 0.1) is 6.54 Å². The van der Waals surface area contributed by atoms with Crippen LogP contribution in [0.3, 0.4) is 0 Å². The summed E-state index contributed by atoms with van der Waals surface area (Å²) in [5, 5.41) is 0. The molecule has 2 aromatic rings. The Kier molecular flexibility index (Phi) is 4.38. The molecule has 0 radical (unpaired) electrons. The van der Waals surface area contributed by atoms with Crippen molar-refractivity contribution in [2.75, 3.05) is 18.5 Å². The number of carbonyl (C=O) groups is 1. The summed E-state index contributed by atoms with van der Waals surface area (Å²) in [6.45, 7) is 2.43. The highest BCUT2D eigenvalue weighted by Crippen LogP contribution is 2.16. The number of nitrogens with zero attached hydrogens (tertiary/aromatic N) is 1. The lowest BCUT2D eigenvalue weighted by atomic mass is 10.1. The van der Waals surface area contributed by atoms with Crippen LogP contribution in [0, 0.1) is 6.92 Å². The Morgan fingerprint density at radius 2 is 1.84 bits per heavy atom. The number of Topliss-reactive ketones (excluding diaryl/α,β-unsaturated/α-hetero) is 1. The van der Waals surface area contributed by atoms with Gasteiger partial charge in [-0.1, -0.05) is 45.8 Å². The predicted molar refractivity (Wildman–Crippen MR) is 82.9 cm³/mol. The van der Waals surface area contributed by atoms with E-state index in [0.717, 1.165) is 15.7 Å². The minimum atomic E-state index is 0.115. The molecule has 0 aliphatic heterocycles. The molecule has 0 atom stereocenters. The van der Waals surface area contributed by atoms with E-state index in [1.165, 1.54) is 5.56 Å². The zero-order valence-electron chi connectivity index (χ0n) is 11.1. The van der Waals surface area contributed by atoms with Gasteiger partial charge in [0.15, 0.2) is 5.78 Å². The lowest BCUT2D eigenvalue weighted by molar-refractivity contribution is 0.100. The molecule has 0 saturated carbocycles. The predicted octanol–water partition coefficient (Wildman–Crippen LogP) is 4.08. The first-order valence-corrected chi connectivity index (χ1v) is 6.92. The minimum Gasteiger partial charge on any atom is -0.367 e. The van der Waals surface area contributed by atoms with Crippen molar-refractivity contribution in [3.63, 3.8) is 0 Å². The maximum atomic E-state index is 12.2. The lowest BCUT2D eigenvalue weighted by Gasteiger charge is -2.18. The van der Waals surface area contributed by atoms with Crippen LogP contribution in [-0.2, 0) is 0 Å². The molecule has 98 valence electrons. The Labute approximate surface area is 122 Å². The molecule has 0 fully saturated rings. The molecule has 2 rings (SSSR count). The minimum absolute atomic E-state index is 0.115. The van der Waals surface area contributed by atoms with Gasteiger partial charge in [-0.3, -0.25) is 4.79 Å². The summed E-state index contributed by atoms with van der Waals surface area (Å²) >= 11 is 3.38. The summed E-state index contributed by atoms with van der Waals surface area (Å²) in [7, 11) is 1.93. The highest BCUT2D eigenvalue weighted by atomic mass is 79.9. The molecule has 0 aliphatic rings. The second kappa shape index (κ2) is 6.02. The highest BCUT2D eigenvalue weighted by molar-refractivity contribution is 9.10. The Balaban J connectivity index is 2.08. The highest BCUT2D eigenvalue weighted by Gasteiger charge is 2.10. The molecule has 0 saturated heterocycles. The monoisotopic (exact) mass is 317 g/mol. The third-order valence-electron chi connectivity index (χ3n) is 3.00. The average molecular weight is 318 g/mol. The number of aryl methyl sites for hydroxylation is 1. The van der Waals surface area contributed by atoms with Crippen LogP contribution in [0.5, 0.6) is 0 Å². The number of hydrogen-bond donors (Lipinski definition) is 0. The van der Waals surface area contributed by atoms with Crippen LogP contribution in [0.2, 0.25) is 0 Å². The molecule has 0 bridgehead atoms. The molecule has 0 unspecified atom stereocenters. The molecule has 19 heavy (non-hydrogen) atoms. The summed E-state index contributed by atoms with van der Waals surface area (Å²) in [6.07, 6.45) is 0. The third-order valence-corrected chi connectivity index (χ3v) is 3.50. The van der Waals surface area contributed by atoms with Crippen molar-refractivity contribution in [3.05, 3.63) is 64.1 Å². The van der Waals surface area contributed by atoms with E-state index in [1.54, 1.807) is 0 Å². The first-order chi connectivity index (χ1) is 9.06. The van der Waals surface area contributed by atoms with Gasteiger partial charge in [-0.15, -0.1) is 0 Å². The van der Waals surface area contributed by atoms with Gasteiger partial charge in [0.1, 0.15) is 0 Å². The van der Waals surface area contributed by atoms with Crippen LogP contribution in [0.15, 0.2) is 53.0 Å². The zero-order valence-corrected chi connectivity index (χ0v) is 12.6. The lowest BCUT2D eigenvalue weighted by Crippen LogP contribution is -2.25. The van der Waals surface area contributed by atoms with E-state index in [-0.39, 0.29) is 5.78 Å². The normalized spacial score (nSPS) is 10.3. The topological polar surface area (TPSA) is 20.3 Å². The molecule has 0 aromatic heterocycles. The van der Waals surface area contributed by atoms with E-state index in [1.807, 2.05) is 48.3 Å². The molecule has 3 heteroatoms. The van der Waals surface area contributed by atoms with E-state index in [0.29, 0.717) is 6.54 Å². The summed E-state index contributed by atoms with van der Waals surface area (Å²) in [5.74, 6) is 0.115. The van der Waals surface area contributed by atoms with Crippen LogP contribution >= 0.6 is 15.9 Å². The number of rotatable bonds is 4. The van der Waals surface area contributed by atoms with Crippen molar-refractivity contribution in [1.29, 1.82) is 0 Å². The van der Waals surface area contributed by atoms with E-state index in [2.05, 4.69) is 35.0 Å².